The van der Waals surface area contributed by atoms with Crippen LogP contribution in [-0.4, -0.2) is 10.9 Å². The van der Waals surface area contributed by atoms with E-state index in [1.165, 1.54) is 0 Å². The summed E-state index contributed by atoms with van der Waals surface area (Å²) in [5, 5.41) is 1.97. The molecule has 0 saturated carbocycles. The van der Waals surface area contributed by atoms with Crippen LogP contribution < -0.4 is 4.90 Å². The van der Waals surface area contributed by atoms with Crippen LogP contribution in [0.5, 0.6) is 0 Å². The number of fused-ring (bicyclic) bond motifs is 2. The summed E-state index contributed by atoms with van der Waals surface area (Å²) in [6.07, 6.45) is 1.75. The van der Waals surface area contributed by atoms with Crippen molar-refractivity contribution < 1.29 is 9.21 Å². The van der Waals surface area contributed by atoms with Gasteiger partial charge in [0.05, 0.1) is 12.1 Å². The summed E-state index contributed by atoms with van der Waals surface area (Å²) in [4.78, 5) is 19.8. The summed E-state index contributed by atoms with van der Waals surface area (Å²) >= 11 is 0. The maximum absolute atomic E-state index is 13.6. The Morgan fingerprint density at radius 1 is 0.900 bits per heavy atom. The molecule has 0 atom stereocenters. The number of furan rings is 1. The van der Waals surface area contributed by atoms with Gasteiger partial charge in [-0.2, -0.15) is 0 Å². The van der Waals surface area contributed by atoms with E-state index in [-0.39, 0.29) is 5.91 Å². The zero-order chi connectivity index (χ0) is 20.5. The van der Waals surface area contributed by atoms with Crippen LogP contribution in [0.2, 0.25) is 0 Å². The fourth-order valence-electron chi connectivity index (χ4n) is 3.77. The van der Waals surface area contributed by atoms with Crippen LogP contribution in [0.1, 0.15) is 21.7 Å². The fraction of sp³-hybridized carbons (Fsp3) is 0.0769. The molecule has 30 heavy (non-hydrogen) atoms. The van der Waals surface area contributed by atoms with Crippen molar-refractivity contribution in [2.24, 2.45) is 0 Å². The molecule has 5 aromatic rings. The van der Waals surface area contributed by atoms with Crippen molar-refractivity contribution in [1.82, 2.24) is 4.98 Å². The highest BCUT2D eigenvalue weighted by Gasteiger charge is 2.21. The number of carbonyl (C=O) groups excluding carboxylic acids is 1. The topological polar surface area (TPSA) is 46.3 Å². The van der Waals surface area contributed by atoms with E-state index in [1.807, 2.05) is 91.9 Å². The Hall–Kier alpha value is -3.92. The van der Waals surface area contributed by atoms with Crippen molar-refractivity contribution >= 4 is 33.5 Å². The number of hydrogen-bond acceptors (Lipinski definition) is 3. The van der Waals surface area contributed by atoms with Crippen LogP contribution in [0.25, 0.3) is 21.9 Å². The minimum Gasteiger partial charge on any atom is -0.459 e. The van der Waals surface area contributed by atoms with Crippen LogP contribution in [0.3, 0.4) is 0 Å². The fourth-order valence-corrected chi connectivity index (χ4v) is 3.77. The summed E-state index contributed by atoms with van der Waals surface area (Å²) in [6, 6.07) is 27.3. The number of pyridine rings is 1. The van der Waals surface area contributed by atoms with E-state index >= 15 is 0 Å². The van der Waals surface area contributed by atoms with Crippen molar-refractivity contribution in [3.05, 3.63) is 108 Å². The zero-order valence-electron chi connectivity index (χ0n) is 16.6. The van der Waals surface area contributed by atoms with Crippen LogP contribution >= 0.6 is 0 Å². The number of anilines is 1. The van der Waals surface area contributed by atoms with E-state index in [0.29, 0.717) is 12.1 Å². The van der Waals surface area contributed by atoms with Gasteiger partial charge < -0.3 is 9.32 Å². The van der Waals surface area contributed by atoms with Crippen LogP contribution in [0.15, 0.2) is 95.5 Å². The molecule has 2 aromatic heterocycles. The molecule has 0 N–H and O–H groups in total. The van der Waals surface area contributed by atoms with Gasteiger partial charge in [0.2, 0.25) is 0 Å². The van der Waals surface area contributed by atoms with E-state index in [2.05, 4.69) is 4.98 Å². The molecule has 0 radical (unpaired) electrons. The second kappa shape index (κ2) is 7.48. The molecule has 1 amide bonds. The van der Waals surface area contributed by atoms with E-state index in [0.717, 1.165) is 38.9 Å². The van der Waals surface area contributed by atoms with Crippen molar-refractivity contribution in [1.29, 1.82) is 0 Å². The Morgan fingerprint density at radius 3 is 2.57 bits per heavy atom. The van der Waals surface area contributed by atoms with Gasteiger partial charge in [-0.1, -0.05) is 42.5 Å². The highest BCUT2D eigenvalue weighted by atomic mass is 16.3. The van der Waals surface area contributed by atoms with Gasteiger partial charge in [-0.25, -0.2) is 0 Å². The Balaban J connectivity index is 1.57. The van der Waals surface area contributed by atoms with Crippen molar-refractivity contribution in [2.45, 2.75) is 13.5 Å². The number of aryl methyl sites for hydroxylation is 1. The van der Waals surface area contributed by atoms with Gasteiger partial charge in [-0.3, -0.25) is 9.78 Å². The third-order valence-corrected chi connectivity index (χ3v) is 5.29. The van der Waals surface area contributed by atoms with Gasteiger partial charge in [0, 0.05) is 28.2 Å². The zero-order valence-corrected chi connectivity index (χ0v) is 16.6. The van der Waals surface area contributed by atoms with Crippen LogP contribution in [0.4, 0.5) is 5.69 Å². The second-order valence-corrected chi connectivity index (χ2v) is 7.34. The predicted molar refractivity (Wildman–Crippen MR) is 120 cm³/mol. The Bertz CT molecular complexity index is 1340. The molecule has 2 heterocycles. The SMILES string of the molecule is Cc1ccccc1N(Cc1cc2ccccc2o1)C(=O)c1ccc2ncccc2c1. The largest absolute Gasteiger partial charge is 0.459 e. The highest BCUT2D eigenvalue weighted by Crippen LogP contribution is 2.27. The molecule has 0 unspecified atom stereocenters. The maximum atomic E-state index is 13.6. The molecule has 0 fully saturated rings. The van der Waals surface area contributed by atoms with Gasteiger partial charge in [-0.15, -0.1) is 0 Å². The minimum atomic E-state index is -0.0736. The molecule has 0 aliphatic rings. The molecule has 5 rings (SSSR count). The summed E-state index contributed by atoms with van der Waals surface area (Å²) in [7, 11) is 0. The van der Waals surface area contributed by atoms with E-state index in [1.54, 1.807) is 11.1 Å². The molecule has 0 aliphatic heterocycles. The van der Waals surface area contributed by atoms with Gasteiger partial charge in [0.25, 0.3) is 5.91 Å². The number of rotatable bonds is 4. The molecular formula is C26H20N2O2. The van der Waals surface area contributed by atoms with Crippen LogP contribution in [0, 0.1) is 6.92 Å². The molecule has 0 aliphatic carbocycles. The predicted octanol–water partition coefficient (Wildman–Crippen LogP) is 6.14. The minimum absolute atomic E-state index is 0.0736. The number of amides is 1. The molecule has 0 saturated heterocycles. The van der Waals surface area contributed by atoms with Crippen molar-refractivity contribution in [2.75, 3.05) is 4.90 Å². The average molecular weight is 392 g/mol. The molecule has 4 heteroatoms. The molecule has 0 bridgehead atoms. The summed E-state index contributed by atoms with van der Waals surface area (Å²) in [5.41, 5.74) is 4.21. The molecule has 146 valence electrons. The highest BCUT2D eigenvalue weighted by molar-refractivity contribution is 6.08. The first-order valence-electron chi connectivity index (χ1n) is 9.89. The maximum Gasteiger partial charge on any atom is 0.258 e. The lowest BCUT2D eigenvalue weighted by Gasteiger charge is -2.24. The molecule has 4 nitrogen and oxygen atoms in total. The normalized spacial score (nSPS) is 11.1. The number of benzene rings is 3. The Kier molecular flexibility index (Phi) is 4.52. The Labute approximate surface area is 174 Å². The van der Waals surface area contributed by atoms with Gasteiger partial charge >= 0.3 is 0 Å². The quantitative estimate of drug-likeness (QED) is 0.369. The number of hydrogen-bond donors (Lipinski definition) is 0. The first-order valence-corrected chi connectivity index (χ1v) is 9.89. The molecular weight excluding hydrogens is 372 g/mol. The lowest BCUT2D eigenvalue weighted by Crippen LogP contribution is -2.30. The summed E-state index contributed by atoms with van der Waals surface area (Å²) in [5.74, 6) is 0.672. The standard InChI is InChI=1S/C26H20N2O2/c1-18-7-2-4-10-24(18)28(17-22-16-20-8-3-5-11-25(20)30-22)26(29)21-12-13-23-19(15-21)9-6-14-27-23/h2-16H,17H2,1H3. The third kappa shape index (κ3) is 3.33. The first kappa shape index (κ1) is 18.1. The van der Waals surface area contributed by atoms with Gasteiger partial charge in [-0.05, 0) is 55.0 Å². The third-order valence-electron chi connectivity index (χ3n) is 5.29. The number of para-hydroxylation sites is 2. The van der Waals surface area contributed by atoms with E-state index in [9.17, 15) is 4.79 Å². The molecule has 0 spiro atoms. The summed E-state index contributed by atoms with van der Waals surface area (Å²) < 4.78 is 6.01. The van der Waals surface area contributed by atoms with Gasteiger partial charge in [0.1, 0.15) is 11.3 Å². The monoisotopic (exact) mass is 392 g/mol. The number of nitrogens with zero attached hydrogens (tertiary/aromatic N) is 2. The molecule has 3 aromatic carbocycles. The summed E-state index contributed by atoms with van der Waals surface area (Å²) in [6.45, 7) is 2.36. The number of carbonyl (C=O) groups is 1. The number of aromatic nitrogens is 1. The lowest BCUT2D eigenvalue weighted by molar-refractivity contribution is 0.0983. The van der Waals surface area contributed by atoms with E-state index < -0.39 is 0 Å². The van der Waals surface area contributed by atoms with E-state index in [4.69, 9.17) is 4.42 Å². The Morgan fingerprint density at radius 2 is 1.70 bits per heavy atom. The smallest absolute Gasteiger partial charge is 0.258 e. The lowest BCUT2D eigenvalue weighted by atomic mass is 10.1. The van der Waals surface area contributed by atoms with Crippen molar-refractivity contribution in [3.8, 4) is 0 Å². The van der Waals surface area contributed by atoms with Crippen LogP contribution in [-0.2, 0) is 6.54 Å². The van der Waals surface area contributed by atoms with Crippen molar-refractivity contribution in [3.63, 3.8) is 0 Å². The van der Waals surface area contributed by atoms with Gasteiger partial charge in [0.15, 0.2) is 0 Å². The second-order valence-electron chi connectivity index (χ2n) is 7.34. The first-order chi connectivity index (χ1) is 14.7. The average Bonchev–Trinajstić information content (AvgIpc) is 3.20.